The number of alkyl halides is 1. The summed E-state index contributed by atoms with van der Waals surface area (Å²) in [5, 5.41) is 0. The van der Waals surface area contributed by atoms with E-state index in [0.717, 1.165) is 16.9 Å². The number of methoxy groups -OCH3 is 1. The van der Waals surface area contributed by atoms with Crippen molar-refractivity contribution in [2.75, 3.05) is 13.7 Å². The Bertz CT molecular complexity index is 587. The highest BCUT2D eigenvalue weighted by Crippen LogP contribution is 2.39. The van der Waals surface area contributed by atoms with Crippen molar-refractivity contribution in [3.05, 3.63) is 65.7 Å². The molecule has 0 amide bonds. The standard InChI is InChI=1S/C18H17BrO2/c1-3-13-21-18(15-9-11-16(20-2)12-10-15)17(19)14-7-5-4-6-8-14/h1,4-12,17-18H,13H2,2H3. The van der Waals surface area contributed by atoms with Crippen molar-refractivity contribution in [2.45, 2.75) is 10.9 Å². The third kappa shape index (κ3) is 4.10. The molecule has 2 atom stereocenters. The van der Waals surface area contributed by atoms with E-state index in [-0.39, 0.29) is 17.5 Å². The molecule has 0 saturated heterocycles. The van der Waals surface area contributed by atoms with Gasteiger partial charge in [-0.25, -0.2) is 0 Å². The first-order valence-electron chi connectivity index (χ1n) is 6.64. The van der Waals surface area contributed by atoms with Crippen LogP contribution in [0.3, 0.4) is 0 Å². The van der Waals surface area contributed by atoms with Crippen LogP contribution in [0.4, 0.5) is 0 Å². The van der Waals surface area contributed by atoms with E-state index in [0.29, 0.717) is 0 Å². The normalized spacial score (nSPS) is 13.2. The summed E-state index contributed by atoms with van der Waals surface area (Å²) in [6.45, 7) is 0.269. The van der Waals surface area contributed by atoms with Crippen LogP contribution in [0.5, 0.6) is 5.75 Å². The molecule has 0 aromatic heterocycles. The van der Waals surface area contributed by atoms with E-state index >= 15 is 0 Å². The van der Waals surface area contributed by atoms with Gasteiger partial charge in [0.05, 0.1) is 11.9 Å². The number of terminal acetylenes is 1. The van der Waals surface area contributed by atoms with Gasteiger partial charge in [-0.05, 0) is 23.3 Å². The number of rotatable bonds is 6. The summed E-state index contributed by atoms with van der Waals surface area (Å²) >= 11 is 3.73. The van der Waals surface area contributed by atoms with Gasteiger partial charge in [0.25, 0.3) is 0 Å². The van der Waals surface area contributed by atoms with Crippen molar-refractivity contribution in [3.8, 4) is 18.1 Å². The quantitative estimate of drug-likeness (QED) is 0.566. The average molecular weight is 345 g/mol. The Labute approximate surface area is 134 Å². The predicted molar refractivity (Wildman–Crippen MR) is 88.6 cm³/mol. The van der Waals surface area contributed by atoms with Crippen LogP contribution in [0.2, 0.25) is 0 Å². The first-order chi connectivity index (χ1) is 10.3. The van der Waals surface area contributed by atoms with E-state index in [1.165, 1.54) is 0 Å². The van der Waals surface area contributed by atoms with Crippen LogP contribution in [0.1, 0.15) is 22.1 Å². The van der Waals surface area contributed by atoms with Crippen LogP contribution in [-0.4, -0.2) is 13.7 Å². The highest BCUT2D eigenvalue weighted by atomic mass is 79.9. The summed E-state index contributed by atoms with van der Waals surface area (Å²) in [6.07, 6.45) is 5.17. The van der Waals surface area contributed by atoms with E-state index in [1.807, 2.05) is 42.5 Å². The number of hydrogen-bond acceptors (Lipinski definition) is 2. The predicted octanol–water partition coefficient (Wildman–Crippen LogP) is 4.52. The lowest BCUT2D eigenvalue weighted by Gasteiger charge is -2.23. The third-order valence-corrected chi connectivity index (χ3v) is 4.18. The summed E-state index contributed by atoms with van der Waals surface area (Å²) in [5.74, 6) is 3.35. The van der Waals surface area contributed by atoms with Crippen LogP contribution in [0.15, 0.2) is 54.6 Å². The van der Waals surface area contributed by atoms with Gasteiger partial charge in [0, 0.05) is 0 Å². The maximum Gasteiger partial charge on any atom is 0.118 e. The van der Waals surface area contributed by atoms with Crippen LogP contribution in [0.25, 0.3) is 0 Å². The average Bonchev–Trinajstić information content (AvgIpc) is 2.56. The molecule has 2 aromatic carbocycles. The Morgan fingerprint density at radius 2 is 1.71 bits per heavy atom. The molecule has 0 fully saturated rings. The number of benzene rings is 2. The lowest BCUT2D eigenvalue weighted by Crippen LogP contribution is -2.11. The molecular weight excluding hydrogens is 328 g/mol. The Kier molecular flexibility index (Phi) is 5.86. The van der Waals surface area contributed by atoms with E-state index in [2.05, 4.69) is 34.0 Å². The van der Waals surface area contributed by atoms with Crippen LogP contribution < -0.4 is 4.74 Å². The highest BCUT2D eigenvalue weighted by molar-refractivity contribution is 9.09. The summed E-state index contributed by atoms with van der Waals surface area (Å²) in [7, 11) is 1.65. The molecule has 108 valence electrons. The molecule has 0 aliphatic rings. The molecule has 0 bridgehead atoms. The van der Waals surface area contributed by atoms with Crippen molar-refractivity contribution in [1.29, 1.82) is 0 Å². The molecule has 2 rings (SSSR count). The third-order valence-electron chi connectivity index (χ3n) is 3.17. The second-order valence-corrected chi connectivity index (χ2v) is 5.51. The second-order valence-electron chi connectivity index (χ2n) is 4.52. The fraction of sp³-hybridized carbons (Fsp3) is 0.222. The Hall–Kier alpha value is -1.76. The number of hydrogen-bond donors (Lipinski definition) is 0. The maximum absolute atomic E-state index is 5.84. The molecule has 0 saturated carbocycles. The van der Waals surface area contributed by atoms with Crippen LogP contribution in [-0.2, 0) is 4.74 Å². The smallest absolute Gasteiger partial charge is 0.118 e. The molecule has 0 radical (unpaired) electrons. The molecule has 0 aliphatic carbocycles. The Morgan fingerprint density at radius 3 is 2.29 bits per heavy atom. The molecule has 21 heavy (non-hydrogen) atoms. The molecule has 2 unspecified atom stereocenters. The summed E-state index contributed by atoms with van der Waals surface area (Å²) in [6, 6.07) is 18.0. The van der Waals surface area contributed by atoms with Crippen molar-refractivity contribution in [3.63, 3.8) is 0 Å². The first-order valence-corrected chi connectivity index (χ1v) is 7.56. The largest absolute Gasteiger partial charge is 0.497 e. The van der Waals surface area contributed by atoms with Crippen molar-refractivity contribution in [2.24, 2.45) is 0 Å². The Balaban J connectivity index is 2.26. The minimum Gasteiger partial charge on any atom is -0.497 e. The van der Waals surface area contributed by atoms with E-state index < -0.39 is 0 Å². The van der Waals surface area contributed by atoms with Gasteiger partial charge < -0.3 is 9.47 Å². The van der Waals surface area contributed by atoms with Gasteiger partial charge in [-0.1, -0.05) is 64.3 Å². The first kappa shape index (κ1) is 15.6. The number of halogens is 1. The van der Waals surface area contributed by atoms with Crippen molar-refractivity contribution in [1.82, 2.24) is 0 Å². The monoisotopic (exact) mass is 344 g/mol. The molecule has 0 aliphatic heterocycles. The van der Waals surface area contributed by atoms with Gasteiger partial charge in [0.1, 0.15) is 18.5 Å². The van der Waals surface area contributed by atoms with E-state index in [1.54, 1.807) is 7.11 Å². The van der Waals surface area contributed by atoms with Crippen LogP contribution >= 0.6 is 15.9 Å². The van der Waals surface area contributed by atoms with Crippen LogP contribution in [0, 0.1) is 12.3 Å². The summed E-state index contributed by atoms with van der Waals surface area (Å²) in [4.78, 5) is 0.0282. The zero-order chi connectivity index (χ0) is 15.1. The lowest BCUT2D eigenvalue weighted by atomic mass is 10.0. The molecule has 0 N–H and O–H groups in total. The van der Waals surface area contributed by atoms with Gasteiger partial charge in [0.2, 0.25) is 0 Å². The SMILES string of the molecule is C#CCOC(c1ccc(OC)cc1)C(Br)c1ccccc1. The van der Waals surface area contributed by atoms with Crippen molar-refractivity contribution < 1.29 is 9.47 Å². The van der Waals surface area contributed by atoms with E-state index in [4.69, 9.17) is 15.9 Å². The molecule has 3 heteroatoms. The molecule has 2 nitrogen and oxygen atoms in total. The topological polar surface area (TPSA) is 18.5 Å². The minimum absolute atomic E-state index is 0.0282. The maximum atomic E-state index is 5.84. The van der Waals surface area contributed by atoms with E-state index in [9.17, 15) is 0 Å². The fourth-order valence-electron chi connectivity index (χ4n) is 2.09. The molecule has 0 spiro atoms. The van der Waals surface area contributed by atoms with Crippen molar-refractivity contribution >= 4 is 15.9 Å². The van der Waals surface area contributed by atoms with Gasteiger partial charge in [-0.2, -0.15) is 0 Å². The lowest BCUT2D eigenvalue weighted by molar-refractivity contribution is 0.0772. The van der Waals surface area contributed by atoms with Gasteiger partial charge >= 0.3 is 0 Å². The highest BCUT2D eigenvalue weighted by Gasteiger charge is 2.23. The zero-order valence-corrected chi connectivity index (χ0v) is 13.4. The van der Waals surface area contributed by atoms with Gasteiger partial charge in [0.15, 0.2) is 0 Å². The Morgan fingerprint density at radius 1 is 1.05 bits per heavy atom. The minimum atomic E-state index is -0.158. The number of ether oxygens (including phenoxy) is 2. The van der Waals surface area contributed by atoms with Gasteiger partial charge in [-0.3, -0.25) is 0 Å². The molecule has 2 aromatic rings. The molecule has 0 heterocycles. The molecular formula is C18H17BrO2. The van der Waals surface area contributed by atoms with Gasteiger partial charge in [-0.15, -0.1) is 6.42 Å². The zero-order valence-electron chi connectivity index (χ0n) is 11.8. The summed E-state index contributed by atoms with van der Waals surface area (Å²) < 4.78 is 11.0. The fourth-order valence-corrected chi connectivity index (χ4v) is 2.86. The second kappa shape index (κ2) is 7.87. The summed E-state index contributed by atoms with van der Waals surface area (Å²) in [5.41, 5.74) is 2.20.